The average molecular weight is 464 g/mol. The molecule has 0 saturated carbocycles. The van der Waals surface area contributed by atoms with Crippen molar-refractivity contribution in [2.75, 3.05) is 14.2 Å². The van der Waals surface area contributed by atoms with Gasteiger partial charge in [0.2, 0.25) is 0 Å². The Morgan fingerprint density at radius 1 is 1.06 bits per heavy atom. The summed E-state index contributed by atoms with van der Waals surface area (Å²) in [7, 11) is -0.682. The second-order valence-corrected chi connectivity index (χ2v) is 8.99. The summed E-state index contributed by atoms with van der Waals surface area (Å²) in [6.45, 7) is 3.95. The molecule has 3 aromatic rings. The predicted molar refractivity (Wildman–Crippen MR) is 128 cm³/mol. The molecule has 7 nitrogen and oxygen atoms in total. The quantitative estimate of drug-likeness (QED) is 0.353. The van der Waals surface area contributed by atoms with Crippen LogP contribution in [0.3, 0.4) is 0 Å². The van der Waals surface area contributed by atoms with Crippen molar-refractivity contribution in [1.29, 1.82) is 0 Å². The molecule has 0 bridgehead atoms. The maximum absolute atomic E-state index is 13.9. The van der Waals surface area contributed by atoms with E-state index in [-0.39, 0.29) is 11.8 Å². The van der Waals surface area contributed by atoms with E-state index in [4.69, 9.17) is 13.8 Å². The van der Waals surface area contributed by atoms with Gasteiger partial charge in [-0.3, -0.25) is 0 Å². The van der Waals surface area contributed by atoms with Gasteiger partial charge in [0, 0.05) is 13.5 Å². The van der Waals surface area contributed by atoms with E-state index in [0.29, 0.717) is 29.5 Å². The highest BCUT2D eigenvalue weighted by molar-refractivity contribution is 7.53. The lowest BCUT2D eigenvalue weighted by Gasteiger charge is -2.36. The summed E-state index contributed by atoms with van der Waals surface area (Å²) in [6.07, 6.45) is 2.07. The zero-order chi connectivity index (χ0) is 23.4. The summed E-state index contributed by atoms with van der Waals surface area (Å²) in [5.41, 5.74) is 1.74. The first-order valence-electron chi connectivity index (χ1n) is 10.4. The molecule has 8 heteroatoms. The monoisotopic (exact) mass is 464 g/mol. The lowest BCUT2D eigenvalue weighted by Crippen LogP contribution is -2.36. The van der Waals surface area contributed by atoms with Gasteiger partial charge in [-0.25, -0.2) is 4.57 Å². The van der Waals surface area contributed by atoms with Crippen LogP contribution in [-0.4, -0.2) is 30.0 Å². The highest BCUT2D eigenvalue weighted by atomic mass is 31.2. The first-order chi connectivity index (χ1) is 15.9. The lowest BCUT2D eigenvalue weighted by atomic mass is 9.91. The smallest absolute Gasteiger partial charge is 0.504 e. The van der Waals surface area contributed by atoms with Gasteiger partial charge in [0.05, 0.1) is 13.2 Å². The largest absolute Gasteiger partial charge is 0.564 e. The number of ether oxygens (including phenoxy) is 1. The van der Waals surface area contributed by atoms with Crippen LogP contribution in [0.2, 0.25) is 0 Å². The number of hydrogen-bond donors (Lipinski definition) is 1. The van der Waals surface area contributed by atoms with E-state index in [1.54, 1.807) is 66.7 Å². The number of rotatable bonds is 7. The van der Waals surface area contributed by atoms with Crippen molar-refractivity contribution in [3.8, 4) is 23.0 Å². The number of benzene rings is 3. The van der Waals surface area contributed by atoms with Crippen molar-refractivity contribution in [3.63, 3.8) is 0 Å². The van der Waals surface area contributed by atoms with Crippen LogP contribution in [-0.2, 0) is 11.0 Å². The molecule has 0 spiro atoms. The fraction of sp³-hybridized carbons (Fsp3) is 0.160. The fourth-order valence-corrected chi connectivity index (χ4v) is 5.09. The predicted octanol–water partition coefficient (Wildman–Crippen LogP) is 5.78. The molecule has 0 amide bonds. The van der Waals surface area contributed by atoms with Crippen molar-refractivity contribution in [1.82, 2.24) is 4.90 Å². The summed E-state index contributed by atoms with van der Waals surface area (Å²) < 4.78 is 35.2. The average Bonchev–Trinajstić information content (AvgIpc) is 2.81. The van der Waals surface area contributed by atoms with Crippen LogP contribution < -0.4 is 13.8 Å². The van der Waals surface area contributed by atoms with E-state index in [2.05, 4.69) is 11.3 Å². The van der Waals surface area contributed by atoms with Crippen LogP contribution >= 0.6 is 7.75 Å². The van der Waals surface area contributed by atoms with Crippen LogP contribution in [0.1, 0.15) is 17.2 Å². The summed E-state index contributed by atoms with van der Waals surface area (Å²) in [4.78, 5) is 1.86. The van der Waals surface area contributed by atoms with Gasteiger partial charge in [0.15, 0.2) is 11.5 Å². The van der Waals surface area contributed by atoms with Gasteiger partial charge in [0.1, 0.15) is 17.3 Å². The Hall–Kier alpha value is -3.70. The standard InChI is InChI=1S/C25H25N2O5P/c1-4-22-21-17-24(30-3)23(28)15-18(21)16-25(27(22)2)26-33(29,31-19-11-7-5-8-12-19)32-20-13-9-6-10-14-20/h4-15,17,22,28H,1,16H2,2-3H3/b26-25-. The molecule has 1 atom stereocenters. The third kappa shape index (κ3) is 4.89. The molecule has 1 heterocycles. The van der Waals surface area contributed by atoms with Gasteiger partial charge < -0.3 is 23.8 Å². The van der Waals surface area contributed by atoms with Gasteiger partial charge >= 0.3 is 7.75 Å². The molecule has 3 aromatic carbocycles. The van der Waals surface area contributed by atoms with E-state index in [1.807, 2.05) is 24.1 Å². The number of likely N-dealkylation sites (N-methyl/N-ethyl adjacent to an activating group) is 1. The number of fused-ring (bicyclic) bond motifs is 1. The van der Waals surface area contributed by atoms with Crippen LogP contribution in [0.4, 0.5) is 0 Å². The number of methoxy groups -OCH3 is 1. The van der Waals surface area contributed by atoms with Gasteiger partial charge in [0.25, 0.3) is 0 Å². The summed E-state index contributed by atoms with van der Waals surface area (Å²) in [5, 5.41) is 10.3. The molecular weight excluding hydrogens is 439 g/mol. The molecule has 1 unspecified atom stereocenters. The topological polar surface area (TPSA) is 80.6 Å². The third-order valence-electron chi connectivity index (χ3n) is 5.32. The van der Waals surface area contributed by atoms with Crippen LogP contribution in [0.15, 0.2) is 90.2 Å². The van der Waals surface area contributed by atoms with Crippen molar-refractivity contribution in [3.05, 3.63) is 96.6 Å². The molecule has 1 N–H and O–H groups in total. The highest BCUT2D eigenvalue weighted by Gasteiger charge is 2.34. The molecule has 0 fully saturated rings. The first kappa shape index (κ1) is 22.5. The van der Waals surface area contributed by atoms with E-state index in [1.165, 1.54) is 7.11 Å². The SMILES string of the molecule is C=CC1c2cc(OC)c(O)cc2C/C(=N/P(=O)(Oc2ccccc2)Oc2ccccc2)N1C. The minimum atomic E-state index is -4.02. The number of nitrogens with zero attached hydrogens (tertiary/aromatic N) is 2. The summed E-state index contributed by atoms with van der Waals surface area (Å²) >= 11 is 0. The number of phenolic OH excluding ortho intramolecular Hbond substituents is 1. The van der Waals surface area contributed by atoms with Crippen LogP contribution in [0.5, 0.6) is 23.0 Å². The van der Waals surface area contributed by atoms with Crippen LogP contribution in [0, 0.1) is 0 Å². The lowest BCUT2D eigenvalue weighted by molar-refractivity contribution is 0.366. The molecule has 0 radical (unpaired) electrons. The van der Waals surface area contributed by atoms with E-state index >= 15 is 0 Å². The van der Waals surface area contributed by atoms with E-state index in [0.717, 1.165) is 11.1 Å². The molecule has 1 aliphatic heterocycles. The zero-order valence-corrected chi connectivity index (χ0v) is 19.3. The molecule has 0 saturated heterocycles. The Balaban J connectivity index is 1.76. The number of hydrogen-bond acceptors (Lipinski definition) is 5. The zero-order valence-electron chi connectivity index (χ0n) is 18.4. The minimum absolute atomic E-state index is 0.0206. The first-order valence-corrected chi connectivity index (χ1v) is 11.9. The summed E-state index contributed by atoms with van der Waals surface area (Å²) in [5.74, 6) is 1.63. The summed E-state index contributed by atoms with van der Waals surface area (Å²) in [6, 6.07) is 20.7. The molecular formula is C25H25N2O5P. The Labute approximate surface area is 193 Å². The maximum Gasteiger partial charge on any atom is 0.564 e. The molecule has 1 aliphatic rings. The number of para-hydroxylation sites is 2. The molecule has 33 heavy (non-hydrogen) atoms. The second-order valence-electron chi connectivity index (χ2n) is 7.48. The van der Waals surface area contributed by atoms with E-state index < -0.39 is 7.75 Å². The number of aromatic hydroxyl groups is 1. The highest BCUT2D eigenvalue weighted by Crippen LogP contribution is 2.51. The number of phenols is 1. The van der Waals surface area contributed by atoms with Crippen LogP contribution in [0.25, 0.3) is 0 Å². The Morgan fingerprint density at radius 3 is 2.15 bits per heavy atom. The Morgan fingerprint density at radius 2 is 1.64 bits per heavy atom. The van der Waals surface area contributed by atoms with Crippen molar-refractivity contribution >= 4 is 13.6 Å². The van der Waals surface area contributed by atoms with Crippen molar-refractivity contribution in [2.24, 2.45) is 4.76 Å². The van der Waals surface area contributed by atoms with E-state index in [9.17, 15) is 9.67 Å². The Bertz CT molecular complexity index is 1170. The van der Waals surface area contributed by atoms with Gasteiger partial charge in [-0.15, -0.1) is 11.3 Å². The second kappa shape index (κ2) is 9.43. The third-order valence-corrected chi connectivity index (χ3v) is 6.68. The minimum Gasteiger partial charge on any atom is -0.504 e. The van der Waals surface area contributed by atoms with Crippen molar-refractivity contribution < 1.29 is 23.5 Å². The molecule has 0 aromatic heterocycles. The Kier molecular flexibility index (Phi) is 6.43. The fourth-order valence-electron chi connectivity index (χ4n) is 3.70. The van der Waals surface area contributed by atoms with Gasteiger partial charge in [-0.2, -0.15) is 0 Å². The maximum atomic E-state index is 13.9. The number of amidine groups is 1. The molecule has 0 aliphatic carbocycles. The molecule has 4 rings (SSSR count). The molecule has 170 valence electrons. The normalized spacial score (nSPS) is 16.7. The van der Waals surface area contributed by atoms with Gasteiger partial charge in [-0.05, 0) is 47.5 Å². The van der Waals surface area contributed by atoms with Crippen molar-refractivity contribution in [2.45, 2.75) is 12.5 Å². The van der Waals surface area contributed by atoms with Gasteiger partial charge in [-0.1, -0.05) is 42.5 Å².